The summed E-state index contributed by atoms with van der Waals surface area (Å²) in [7, 11) is 1.29. The lowest BCUT2D eigenvalue weighted by Crippen LogP contribution is -2.51. The third-order valence-electron chi connectivity index (χ3n) is 12.3. The van der Waals surface area contributed by atoms with Crippen molar-refractivity contribution in [2.75, 3.05) is 20.2 Å². The minimum atomic E-state index is -0.808. The van der Waals surface area contributed by atoms with Gasteiger partial charge in [-0.3, -0.25) is 9.59 Å². The van der Waals surface area contributed by atoms with Gasteiger partial charge in [0.25, 0.3) is 0 Å². The molecular weight excluding hydrogens is 797 g/mol. The van der Waals surface area contributed by atoms with Crippen LogP contribution in [0, 0.1) is 5.92 Å². The smallest absolute Gasteiger partial charge is 0.407 e. The number of imidazole rings is 2. The minimum absolute atomic E-state index is 0.110. The number of ether oxygens (including phenoxy) is 1. The van der Waals surface area contributed by atoms with Gasteiger partial charge in [0.05, 0.1) is 54.2 Å². The zero-order valence-corrected chi connectivity index (χ0v) is 35.6. The number of alkyl carbamates (subject to hydrolysis) is 1. The molecular formula is C48H52N10O5. The highest BCUT2D eigenvalue weighted by atomic mass is 16.5. The van der Waals surface area contributed by atoms with Gasteiger partial charge in [0.1, 0.15) is 23.7 Å². The van der Waals surface area contributed by atoms with Crippen molar-refractivity contribution in [3.05, 3.63) is 115 Å². The topological polar surface area (TPSA) is 190 Å². The Balaban J connectivity index is 0.867. The molecule has 3 aromatic carbocycles. The Morgan fingerprint density at radius 2 is 1.33 bits per heavy atom. The fraction of sp³-hybridized carbons (Fsp3) is 0.354. The molecule has 4 unspecified atom stereocenters. The fourth-order valence-corrected chi connectivity index (χ4v) is 8.77. The molecule has 3 fully saturated rings. The first-order chi connectivity index (χ1) is 30.6. The maximum Gasteiger partial charge on any atom is 0.407 e. The lowest BCUT2D eigenvalue weighted by Gasteiger charge is -2.30. The monoisotopic (exact) mass is 848 g/mol. The number of H-pyrrole nitrogens is 2. The number of aromatic amines is 2. The summed E-state index contributed by atoms with van der Waals surface area (Å²) in [5.41, 5.74) is 7.01. The first-order valence-electron chi connectivity index (χ1n) is 21.8. The Hall–Kier alpha value is -7.03. The van der Waals surface area contributed by atoms with E-state index in [1.165, 1.54) is 7.11 Å². The second kappa shape index (κ2) is 17.8. The number of methoxy groups -OCH3 is 1. The zero-order chi connectivity index (χ0) is 43.6. The highest BCUT2D eigenvalue weighted by Gasteiger charge is 2.39. The van der Waals surface area contributed by atoms with Crippen LogP contribution in [-0.4, -0.2) is 90.9 Å². The maximum atomic E-state index is 14.1. The summed E-state index contributed by atoms with van der Waals surface area (Å²) in [6.07, 6.45) is 8.12. The molecule has 63 heavy (non-hydrogen) atoms. The zero-order valence-electron chi connectivity index (χ0n) is 35.6. The van der Waals surface area contributed by atoms with Gasteiger partial charge < -0.3 is 40.5 Å². The van der Waals surface area contributed by atoms with Crippen molar-refractivity contribution in [3.63, 3.8) is 0 Å². The third-order valence-corrected chi connectivity index (χ3v) is 12.3. The third kappa shape index (κ3) is 8.86. The highest BCUT2D eigenvalue weighted by Crippen LogP contribution is 2.36. The predicted molar refractivity (Wildman–Crippen MR) is 238 cm³/mol. The molecule has 15 nitrogen and oxygen atoms in total. The number of carbonyl (C=O) groups is 4. The number of pyridine rings is 1. The number of fused-ring (bicyclic) bond motifs is 1. The van der Waals surface area contributed by atoms with E-state index in [-0.39, 0.29) is 41.9 Å². The van der Waals surface area contributed by atoms with E-state index >= 15 is 0 Å². The van der Waals surface area contributed by atoms with Gasteiger partial charge in [0, 0.05) is 35.6 Å². The van der Waals surface area contributed by atoms with Gasteiger partial charge in [0.15, 0.2) is 0 Å². The molecule has 0 bridgehead atoms. The van der Waals surface area contributed by atoms with Crippen LogP contribution < -0.4 is 16.0 Å². The Morgan fingerprint density at radius 1 is 0.714 bits per heavy atom. The summed E-state index contributed by atoms with van der Waals surface area (Å²) in [6.45, 7) is 4.97. The number of rotatable bonds is 12. The van der Waals surface area contributed by atoms with Crippen LogP contribution in [0.5, 0.6) is 0 Å². The van der Waals surface area contributed by atoms with E-state index in [2.05, 4.69) is 43.0 Å². The lowest BCUT2D eigenvalue weighted by atomic mass is 10.0. The van der Waals surface area contributed by atoms with Crippen molar-refractivity contribution in [1.82, 2.24) is 50.7 Å². The molecule has 15 heteroatoms. The first-order valence-corrected chi connectivity index (χ1v) is 21.8. The van der Waals surface area contributed by atoms with Crippen molar-refractivity contribution in [1.29, 1.82) is 0 Å². The number of nitrogens with one attached hydrogen (secondary N) is 5. The van der Waals surface area contributed by atoms with E-state index in [1.807, 2.05) is 103 Å². The highest BCUT2D eigenvalue weighted by molar-refractivity contribution is 5.89. The normalized spacial score (nSPS) is 18.3. The first kappa shape index (κ1) is 41.3. The minimum Gasteiger partial charge on any atom is -0.453 e. The summed E-state index contributed by atoms with van der Waals surface area (Å²) in [5, 5.41) is 9.58. The van der Waals surface area contributed by atoms with Crippen LogP contribution in [0.1, 0.15) is 87.7 Å². The summed E-state index contributed by atoms with van der Waals surface area (Å²) < 4.78 is 4.77. The molecule has 3 aromatic heterocycles. The van der Waals surface area contributed by atoms with E-state index in [4.69, 9.17) is 14.7 Å². The average Bonchev–Trinajstić information content (AvgIpc) is 3.82. The van der Waals surface area contributed by atoms with Crippen molar-refractivity contribution in [3.8, 4) is 33.8 Å². The standard InChI is InChI=1S/C48H52N10O5/c1-28(2)41(56-48(62)63-3)45(59)57-23-7-11-39(57)43-49-26-37(53-43)30-15-13-29(14-16-30)35-21-17-32-25-33(18-22-36(32)52-35)38-27-50-44(54-38)40-12-8-24-58(40)46(60)42(31-9-5-4-6-10-31)55-47(61)51-34-19-20-34/h4-6,9-10,13-18,21-22,25-28,34,39-42H,7-8,11-12,19-20,23-24H2,1-3H3,(H,49,53)(H,50,54)(H,56,62)(H2,51,55,61). The van der Waals surface area contributed by atoms with E-state index in [9.17, 15) is 19.2 Å². The molecule has 3 aliphatic rings. The molecule has 1 saturated carbocycles. The molecule has 2 aliphatic heterocycles. The van der Waals surface area contributed by atoms with Crippen LogP contribution in [0.4, 0.5) is 9.59 Å². The molecule has 5 N–H and O–H groups in total. The second-order valence-corrected chi connectivity index (χ2v) is 17.0. The van der Waals surface area contributed by atoms with E-state index < -0.39 is 18.2 Å². The molecule has 324 valence electrons. The van der Waals surface area contributed by atoms with Gasteiger partial charge in [0.2, 0.25) is 11.8 Å². The van der Waals surface area contributed by atoms with Gasteiger partial charge in [-0.1, -0.05) is 80.6 Å². The molecule has 5 amide bonds. The summed E-state index contributed by atoms with van der Waals surface area (Å²) >= 11 is 0. The SMILES string of the molecule is COC(=O)NC(C(=O)N1CCCC1c1ncc(-c2ccc(-c3ccc4cc(-c5cnc(C6CCCN6C(=O)C(NC(=O)NC6CC6)c6ccccc6)[nH]5)ccc4n3)cc2)[nH]1)C(C)C. The van der Waals surface area contributed by atoms with Crippen LogP contribution in [0.3, 0.4) is 0 Å². The van der Waals surface area contributed by atoms with E-state index in [0.717, 1.165) is 88.8 Å². The van der Waals surface area contributed by atoms with Crippen molar-refractivity contribution in [2.45, 2.75) is 82.6 Å². The molecule has 0 radical (unpaired) electrons. The van der Waals surface area contributed by atoms with Crippen LogP contribution >= 0.6 is 0 Å². The van der Waals surface area contributed by atoms with Crippen molar-refractivity contribution < 1.29 is 23.9 Å². The van der Waals surface area contributed by atoms with Crippen LogP contribution in [0.2, 0.25) is 0 Å². The number of carbonyl (C=O) groups excluding carboxylic acids is 4. The number of nitrogens with zero attached hydrogens (tertiary/aromatic N) is 5. The molecule has 6 aromatic rings. The van der Waals surface area contributed by atoms with Crippen molar-refractivity contribution >= 4 is 34.8 Å². The van der Waals surface area contributed by atoms with Gasteiger partial charge >= 0.3 is 12.1 Å². The number of urea groups is 1. The molecule has 2 saturated heterocycles. The fourth-order valence-electron chi connectivity index (χ4n) is 8.77. The van der Waals surface area contributed by atoms with Gasteiger partial charge in [-0.2, -0.15) is 0 Å². The molecule has 5 heterocycles. The Labute approximate surface area is 365 Å². The summed E-state index contributed by atoms with van der Waals surface area (Å²) in [5.74, 6) is 1.03. The van der Waals surface area contributed by atoms with Crippen LogP contribution in [0.15, 0.2) is 97.3 Å². The van der Waals surface area contributed by atoms with Crippen molar-refractivity contribution in [2.24, 2.45) is 5.92 Å². The second-order valence-electron chi connectivity index (χ2n) is 17.0. The number of hydrogen-bond donors (Lipinski definition) is 5. The molecule has 9 rings (SSSR count). The average molecular weight is 849 g/mol. The number of likely N-dealkylation sites (tertiary alicyclic amines) is 2. The Bertz CT molecular complexity index is 2620. The quantitative estimate of drug-likeness (QED) is 0.0832. The Kier molecular flexibility index (Phi) is 11.6. The predicted octanol–water partition coefficient (Wildman–Crippen LogP) is 7.59. The molecule has 1 aliphatic carbocycles. The maximum absolute atomic E-state index is 14.1. The number of hydrogen-bond acceptors (Lipinski definition) is 8. The largest absolute Gasteiger partial charge is 0.453 e. The van der Waals surface area contributed by atoms with Crippen LogP contribution in [-0.2, 0) is 14.3 Å². The summed E-state index contributed by atoms with van der Waals surface area (Å²) in [4.78, 5) is 77.6. The van der Waals surface area contributed by atoms with Gasteiger partial charge in [-0.05, 0) is 73.8 Å². The lowest BCUT2D eigenvalue weighted by molar-refractivity contribution is -0.135. The number of amides is 5. The van der Waals surface area contributed by atoms with Gasteiger partial charge in [-0.15, -0.1) is 0 Å². The summed E-state index contributed by atoms with van der Waals surface area (Å²) in [6, 6.07) is 25.6. The molecule has 0 spiro atoms. The van der Waals surface area contributed by atoms with Crippen LogP contribution in [0.25, 0.3) is 44.7 Å². The van der Waals surface area contributed by atoms with Gasteiger partial charge in [-0.25, -0.2) is 24.5 Å². The van der Waals surface area contributed by atoms with E-state index in [0.29, 0.717) is 24.7 Å². The Morgan fingerprint density at radius 3 is 1.97 bits per heavy atom. The number of benzene rings is 3. The number of aromatic nitrogens is 5. The van der Waals surface area contributed by atoms with E-state index in [1.54, 1.807) is 6.20 Å². The molecule has 4 atom stereocenters.